The Morgan fingerprint density at radius 2 is 2.00 bits per heavy atom. The van der Waals surface area contributed by atoms with Gasteiger partial charge in [0, 0.05) is 11.1 Å². The molecule has 0 aliphatic rings. The molecule has 2 aromatic heterocycles. The van der Waals surface area contributed by atoms with Crippen LogP contribution in [0.5, 0.6) is 0 Å². The zero-order valence-corrected chi connectivity index (χ0v) is 8.79. The van der Waals surface area contributed by atoms with E-state index in [0.717, 1.165) is 22.2 Å². The minimum absolute atomic E-state index is 0.416. The maximum atomic E-state index is 5.97. The molecule has 0 amide bonds. The van der Waals surface area contributed by atoms with Crippen molar-refractivity contribution in [2.45, 2.75) is 13.8 Å². The van der Waals surface area contributed by atoms with Crippen LogP contribution in [0.4, 0.5) is 0 Å². The number of aromatic nitrogens is 2. The van der Waals surface area contributed by atoms with E-state index in [2.05, 4.69) is 9.97 Å². The van der Waals surface area contributed by atoms with Crippen molar-refractivity contribution in [1.29, 1.82) is 0 Å². The lowest BCUT2D eigenvalue weighted by Crippen LogP contribution is -1.79. The number of hydrogen-bond acceptors (Lipinski definition) is 1. The van der Waals surface area contributed by atoms with Crippen LogP contribution in [0.2, 0.25) is 10.3 Å². The molecule has 0 spiro atoms. The van der Waals surface area contributed by atoms with E-state index in [1.165, 1.54) is 0 Å². The highest BCUT2D eigenvalue weighted by Crippen LogP contribution is 2.28. The van der Waals surface area contributed by atoms with Gasteiger partial charge in [-0.1, -0.05) is 23.2 Å². The highest BCUT2D eigenvalue weighted by atomic mass is 35.5. The monoisotopic (exact) mass is 214 g/mol. The molecule has 0 radical (unpaired) electrons. The number of halogens is 2. The zero-order valence-electron chi connectivity index (χ0n) is 7.28. The number of hydrogen-bond donors (Lipinski definition) is 1. The van der Waals surface area contributed by atoms with Gasteiger partial charge in [0.1, 0.15) is 10.3 Å². The van der Waals surface area contributed by atoms with Gasteiger partial charge in [-0.15, -0.1) is 0 Å². The van der Waals surface area contributed by atoms with Gasteiger partial charge in [-0.3, -0.25) is 0 Å². The van der Waals surface area contributed by atoms with Crippen molar-refractivity contribution in [2.75, 3.05) is 0 Å². The topological polar surface area (TPSA) is 28.7 Å². The number of pyridine rings is 1. The summed E-state index contributed by atoms with van der Waals surface area (Å²) in [5, 5.41) is 1.84. The Hall–Kier alpha value is -0.730. The Balaban J connectivity index is 2.94. The fraction of sp³-hybridized carbons (Fsp3) is 0.222. The van der Waals surface area contributed by atoms with E-state index in [1.54, 1.807) is 6.07 Å². The molecule has 68 valence electrons. The number of nitrogens with zero attached hydrogens (tertiary/aromatic N) is 1. The average Bonchev–Trinajstić information content (AvgIpc) is 2.27. The maximum Gasteiger partial charge on any atom is 0.140 e. The molecule has 2 aromatic rings. The largest absolute Gasteiger partial charge is 0.358 e. The molecule has 0 bridgehead atoms. The summed E-state index contributed by atoms with van der Waals surface area (Å²) in [7, 11) is 0. The van der Waals surface area contributed by atoms with Crippen molar-refractivity contribution in [3.05, 3.63) is 27.6 Å². The third-order valence-electron chi connectivity index (χ3n) is 2.20. The van der Waals surface area contributed by atoms with E-state index < -0.39 is 0 Å². The number of aryl methyl sites for hydroxylation is 2. The quantitative estimate of drug-likeness (QED) is 0.669. The molecule has 0 aliphatic carbocycles. The molecule has 0 atom stereocenters. The van der Waals surface area contributed by atoms with Crippen molar-refractivity contribution in [3.63, 3.8) is 0 Å². The van der Waals surface area contributed by atoms with Crippen LogP contribution in [-0.2, 0) is 0 Å². The Morgan fingerprint density at radius 3 is 2.69 bits per heavy atom. The van der Waals surface area contributed by atoms with E-state index in [9.17, 15) is 0 Å². The lowest BCUT2D eigenvalue weighted by molar-refractivity contribution is 1.25. The highest BCUT2D eigenvalue weighted by molar-refractivity contribution is 6.36. The molecule has 2 nitrogen and oxygen atoms in total. The van der Waals surface area contributed by atoms with Gasteiger partial charge in [0.25, 0.3) is 0 Å². The van der Waals surface area contributed by atoms with Crippen LogP contribution in [0.15, 0.2) is 6.07 Å². The minimum atomic E-state index is 0.416. The molecule has 0 saturated carbocycles. The zero-order chi connectivity index (χ0) is 9.59. The van der Waals surface area contributed by atoms with Crippen LogP contribution in [0, 0.1) is 13.8 Å². The average molecular weight is 215 g/mol. The van der Waals surface area contributed by atoms with Crippen molar-refractivity contribution in [3.8, 4) is 0 Å². The van der Waals surface area contributed by atoms with Crippen LogP contribution >= 0.6 is 23.2 Å². The van der Waals surface area contributed by atoms with E-state index >= 15 is 0 Å². The summed E-state index contributed by atoms with van der Waals surface area (Å²) in [6.07, 6.45) is 0. The lowest BCUT2D eigenvalue weighted by Gasteiger charge is -1.95. The molecule has 0 aliphatic heterocycles. The molecular formula is C9H8Cl2N2. The summed E-state index contributed by atoms with van der Waals surface area (Å²) in [5.74, 6) is 0. The summed E-state index contributed by atoms with van der Waals surface area (Å²) in [6.45, 7) is 4.01. The lowest BCUT2D eigenvalue weighted by atomic mass is 10.2. The van der Waals surface area contributed by atoms with Gasteiger partial charge in [0.05, 0.1) is 5.52 Å². The van der Waals surface area contributed by atoms with E-state index in [1.807, 2.05) is 13.8 Å². The first-order valence-electron chi connectivity index (χ1n) is 3.90. The Labute approximate surface area is 85.9 Å². The molecule has 0 saturated heterocycles. The van der Waals surface area contributed by atoms with Crippen molar-refractivity contribution < 1.29 is 0 Å². The minimum Gasteiger partial charge on any atom is -0.358 e. The second kappa shape index (κ2) is 2.89. The standard InChI is InChI=1S/C9H8Cl2N2/c1-4-5(2)12-6-3-7(10)13-9(11)8(4)6/h3,12H,1-2H3. The molecule has 13 heavy (non-hydrogen) atoms. The van der Waals surface area contributed by atoms with Crippen LogP contribution < -0.4 is 0 Å². The van der Waals surface area contributed by atoms with Crippen LogP contribution in [-0.4, -0.2) is 9.97 Å². The Bertz CT molecular complexity index is 474. The summed E-state index contributed by atoms with van der Waals surface area (Å²) >= 11 is 11.7. The predicted molar refractivity (Wildman–Crippen MR) is 55.6 cm³/mol. The molecule has 0 fully saturated rings. The number of rotatable bonds is 0. The summed E-state index contributed by atoms with van der Waals surface area (Å²) in [6, 6.07) is 1.78. The molecule has 4 heteroatoms. The first kappa shape index (κ1) is 8.85. The molecule has 2 heterocycles. The SMILES string of the molecule is Cc1[nH]c2cc(Cl)nc(Cl)c2c1C. The van der Waals surface area contributed by atoms with Gasteiger partial charge in [-0.25, -0.2) is 4.98 Å². The van der Waals surface area contributed by atoms with E-state index in [-0.39, 0.29) is 0 Å². The van der Waals surface area contributed by atoms with Crippen molar-refractivity contribution in [1.82, 2.24) is 9.97 Å². The third-order valence-corrected chi connectivity index (χ3v) is 2.67. The second-order valence-electron chi connectivity index (χ2n) is 3.03. The van der Waals surface area contributed by atoms with Gasteiger partial charge in [-0.05, 0) is 25.5 Å². The summed E-state index contributed by atoms with van der Waals surface area (Å²) in [4.78, 5) is 7.19. The molecular weight excluding hydrogens is 207 g/mol. The van der Waals surface area contributed by atoms with E-state index in [4.69, 9.17) is 23.2 Å². The summed E-state index contributed by atoms with van der Waals surface area (Å²) in [5.41, 5.74) is 3.17. The number of nitrogens with one attached hydrogen (secondary N) is 1. The fourth-order valence-corrected chi connectivity index (χ4v) is 1.99. The van der Waals surface area contributed by atoms with Gasteiger partial charge < -0.3 is 4.98 Å². The van der Waals surface area contributed by atoms with Crippen LogP contribution in [0.1, 0.15) is 11.3 Å². The Morgan fingerprint density at radius 1 is 1.31 bits per heavy atom. The van der Waals surface area contributed by atoms with Crippen LogP contribution in [0.25, 0.3) is 10.9 Å². The molecule has 1 N–H and O–H groups in total. The molecule has 0 aromatic carbocycles. The molecule has 0 unspecified atom stereocenters. The van der Waals surface area contributed by atoms with E-state index in [0.29, 0.717) is 10.3 Å². The first-order valence-corrected chi connectivity index (χ1v) is 4.66. The normalized spacial score (nSPS) is 11.1. The smallest absolute Gasteiger partial charge is 0.140 e. The second-order valence-corrected chi connectivity index (χ2v) is 3.78. The van der Waals surface area contributed by atoms with Gasteiger partial charge in [0.2, 0.25) is 0 Å². The van der Waals surface area contributed by atoms with Gasteiger partial charge >= 0.3 is 0 Å². The number of fused-ring (bicyclic) bond motifs is 1. The first-order chi connectivity index (χ1) is 6.09. The van der Waals surface area contributed by atoms with Gasteiger partial charge in [0.15, 0.2) is 0 Å². The summed E-state index contributed by atoms with van der Waals surface area (Å²) < 4.78 is 0. The maximum absolute atomic E-state index is 5.97. The predicted octanol–water partition coefficient (Wildman–Crippen LogP) is 3.49. The van der Waals surface area contributed by atoms with Gasteiger partial charge in [-0.2, -0.15) is 0 Å². The highest BCUT2D eigenvalue weighted by Gasteiger charge is 2.09. The number of H-pyrrole nitrogens is 1. The third kappa shape index (κ3) is 1.30. The fourth-order valence-electron chi connectivity index (χ4n) is 1.42. The number of aromatic amines is 1. The van der Waals surface area contributed by atoms with Crippen molar-refractivity contribution in [2.24, 2.45) is 0 Å². The Kier molecular flexibility index (Phi) is 1.97. The molecule has 2 rings (SSSR count). The van der Waals surface area contributed by atoms with Crippen molar-refractivity contribution >= 4 is 34.1 Å². The van der Waals surface area contributed by atoms with Crippen LogP contribution in [0.3, 0.4) is 0 Å².